The van der Waals surface area contributed by atoms with Crippen LogP contribution in [0.25, 0.3) is 0 Å². The van der Waals surface area contributed by atoms with Gasteiger partial charge in [0.1, 0.15) is 6.17 Å². The standard InChI is InChI=1S/C23H28F2O6/c1-21-10-19(28)23(25)15(9-17(24)16-8-12(26)6-7-22(16,23)2)13(21)4-5-14(21)18(27)11-31-20(29)30-3/h6-8,13-15,17,19,28H,4-5,9-11H2,1-3H3/t13?,14-,15+,17+,19+,21+,22+,23+/m1/s1. The molecule has 8 heteroatoms. The molecule has 3 fully saturated rings. The van der Waals surface area contributed by atoms with E-state index in [-0.39, 0.29) is 35.9 Å². The molecule has 0 aromatic heterocycles. The number of halogens is 2. The number of rotatable bonds is 3. The summed E-state index contributed by atoms with van der Waals surface area (Å²) in [7, 11) is 1.14. The molecule has 0 amide bonds. The van der Waals surface area contributed by atoms with E-state index in [1.807, 2.05) is 6.92 Å². The number of alkyl halides is 2. The summed E-state index contributed by atoms with van der Waals surface area (Å²) in [4.78, 5) is 35.9. The Labute approximate surface area is 179 Å². The van der Waals surface area contributed by atoms with Gasteiger partial charge in [0.15, 0.2) is 23.8 Å². The summed E-state index contributed by atoms with van der Waals surface area (Å²) in [5.41, 5.74) is -4.25. The lowest BCUT2D eigenvalue weighted by atomic mass is 9.45. The lowest BCUT2D eigenvalue weighted by molar-refractivity contribution is -0.202. The molecule has 0 bridgehead atoms. The van der Waals surface area contributed by atoms with Gasteiger partial charge in [-0.1, -0.05) is 13.0 Å². The van der Waals surface area contributed by atoms with Crippen LogP contribution in [0.1, 0.15) is 39.5 Å². The first-order chi connectivity index (χ1) is 14.5. The van der Waals surface area contributed by atoms with E-state index in [9.17, 15) is 19.5 Å². The quantitative estimate of drug-likeness (QED) is 0.681. The molecule has 31 heavy (non-hydrogen) atoms. The summed E-state index contributed by atoms with van der Waals surface area (Å²) in [6.45, 7) is 2.94. The van der Waals surface area contributed by atoms with E-state index >= 15 is 8.78 Å². The summed E-state index contributed by atoms with van der Waals surface area (Å²) >= 11 is 0. The molecule has 0 spiro atoms. The van der Waals surface area contributed by atoms with Crippen molar-refractivity contribution in [2.45, 2.75) is 57.5 Å². The predicted molar refractivity (Wildman–Crippen MR) is 105 cm³/mol. The van der Waals surface area contributed by atoms with Crippen LogP contribution < -0.4 is 0 Å². The molecule has 8 atom stereocenters. The maximum absolute atomic E-state index is 16.9. The zero-order chi connectivity index (χ0) is 22.8. The Morgan fingerprint density at radius 1 is 1.26 bits per heavy atom. The summed E-state index contributed by atoms with van der Waals surface area (Å²) in [5.74, 6) is -2.36. The second-order valence-electron chi connectivity index (χ2n) is 9.79. The van der Waals surface area contributed by atoms with Gasteiger partial charge in [-0.15, -0.1) is 0 Å². The Kier molecular flexibility index (Phi) is 5.15. The van der Waals surface area contributed by atoms with E-state index in [0.717, 1.165) is 13.2 Å². The van der Waals surface area contributed by atoms with Crippen molar-refractivity contribution < 1.29 is 37.7 Å². The third kappa shape index (κ3) is 2.93. The fourth-order valence-electron chi connectivity index (χ4n) is 7.02. The number of hydrogen-bond donors (Lipinski definition) is 1. The average molecular weight is 438 g/mol. The van der Waals surface area contributed by atoms with Crippen LogP contribution in [0, 0.1) is 28.6 Å². The predicted octanol–water partition coefficient (Wildman–Crippen LogP) is 3.27. The second kappa shape index (κ2) is 7.22. The van der Waals surface area contributed by atoms with Gasteiger partial charge in [-0.3, -0.25) is 9.59 Å². The van der Waals surface area contributed by atoms with Gasteiger partial charge in [0.2, 0.25) is 0 Å². The smallest absolute Gasteiger partial charge is 0.438 e. The third-order valence-electron chi connectivity index (χ3n) is 8.51. The topological polar surface area (TPSA) is 89.9 Å². The number of aliphatic hydroxyl groups excluding tert-OH is 1. The first kappa shape index (κ1) is 22.1. The molecule has 0 aliphatic heterocycles. The summed E-state index contributed by atoms with van der Waals surface area (Å²) in [6.07, 6.45) is 0.755. The second-order valence-corrected chi connectivity index (χ2v) is 9.79. The highest BCUT2D eigenvalue weighted by molar-refractivity contribution is 6.01. The van der Waals surface area contributed by atoms with Crippen molar-refractivity contribution in [3.8, 4) is 0 Å². The maximum Gasteiger partial charge on any atom is 0.508 e. The first-order valence-electron chi connectivity index (χ1n) is 10.7. The van der Waals surface area contributed by atoms with Crippen molar-refractivity contribution in [1.82, 2.24) is 0 Å². The molecule has 0 aromatic rings. The largest absolute Gasteiger partial charge is 0.508 e. The molecule has 3 saturated carbocycles. The molecular formula is C23H28F2O6. The van der Waals surface area contributed by atoms with Gasteiger partial charge in [-0.2, -0.15) is 0 Å². The van der Waals surface area contributed by atoms with E-state index in [0.29, 0.717) is 12.8 Å². The Balaban J connectivity index is 1.67. The maximum atomic E-state index is 16.9. The minimum atomic E-state index is -2.15. The fourth-order valence-corrected chi connectivity index (χ4v) is 7.02. The molecule has 170 valence electrons. The van der Waals surface area contributed by atoms with Crippen LogP contribution in [0.4, 0.5) is 13.6 Å². The molecule has 0 aromatic carbocycles. The van der Waals surface area contributed by atoms with Crippen LogP contribution in [0.3, 0.4) is 0 Å². The van der Waals surface area contributed by atoms with Crippen LogP contribution in [-0.4, -0.2) is 54.5 Å². The molecular weight excluding hydrogens is 410 g/mol. The molecule has 6 nitrogen and oxygen atoms in total. The van der Waals surface area contributed by atoms with Gasteiger partial charge in [-0.05, 0) is 61.7 Å². The number of hydrogen-bond acceptors (Lipinski definition) is 6. The molecule has 4 aliphatic rings. The van der Waals surface area contributed by atoms with E-state index in [1.54, 1.807) is 6.92 Å². The number of Topliss-reactive ketones (excluding diaryl/α,β-unsaturated/α-hetero) is 1. The van der Waals surface area contributed by atoms with Crippen molar-refractivity contribution >= 4 is 17.7 Å². The van der Waals surface area contributed by atoms with Gasteiger partial charge < -0.3 is 14.6 Å². The Morgan fingerprint density at radius 2 is 1.97 bits per heavy atom. The Bertz CT molecular complexity index is 883. The minimum absolute atomic E-state index is 0.0287. The highest BCUT2D eigenvalue weighted by atomic mass is 19.1. The van der Waals surface area contributed by atoms with Crippen molar-refractivity contribution in [3.05, 3.63) is 23.8 Å². The average Bonchev–Trinajstić information content (AvgIpc) is 3.06. The molecule has 0 heterocycles. The summed E-state index contributed by atoms with van der Waals surface area (Å²) in [5, 5.41) is 11.1. The van der Waals surface area contributed by atoms with Gasteiger partial charge in [0.05, 0.1) is 13.2 Å². The third-order valence-corrected chi connectivity index (χ3v) is 8.51. The highest BCUT2D eigenvalue weighted by Crippen LogP contribution is 2.69. The number of fused-ring (bicyclic) bond motifs is 5. The van der Waals surface area contributed by atoms with Crippen LogP contribution in [0.2, 0.25) is 0 Å². The number of ketones is 2. The van der Waals surface area contributed by atoms with Gasteiger partial charge in [0, 0.05) is 17.3 Å². The number of allylic oxidation sites excluding steroid dienone is 4. The first-order valence-corrected chi connectivity index (χ1v) is 10.7. The van der Waals surface area contributed by atoms with E-state index in [4.69, 9.17) is 4.74 Å². The number of carbonyl (C=O) groups is 3. The van der Waals surface area contributed by atoms with Crippen molar-refractivity contribution in [1.29, 1.82) is 0 Å². The minimum Gasteiger partial charge on any atom is -0.438 e. The molecule has 0 radical (unpaired) electrons. The van der Waals surface area contributed by atoms with Crippen LogP contribution in [0.5, 0.6) is 0 Å². The summed E-state index contributed by atoms with van der Waals surface area (Å²) in [6, 6.07) is 0. The highest BCUT2D eigenvalue weighted by Gasteiger charge is 2.72. The van der Waals surface area contributed by atoms with Crippen molar-refractivity contribution in [2.75, 3.05) is 13.7 Å². The van der Waals surface area contributed by atoms with Crippen LogP contribution >= 0.6 is 0 Å². The Hall–Kier alpha value is -2.09. The number of ether oxygens (including phenoxy) is 2. The SMILES string of the molecule is COC(=O)OCC(=O)[C@H]1CCC2[C@@H]3C[C@H](F)C4=CC(=O)C=C[C@]4(C)[C@@]3(F)[C@@H](O)C[C@@]21C. The van der Waals surface area contributed by atoms with Crippen LogP contribution in [-0.2, 0) is 19.1 Å². The monoisotopic (exact) mass is 438 g/mol. The zero-order valence-corrected chi connectivity index (χ0v) is 17.9. The number of methoxy groups -OCH3 is 1. The van der Waals surface area contributed by atoms with Crippen molar-refractivity contribution in [3.63, 3.8) is 0 Å². The lowest BCUT2D eigenvalue weighted by Gasteiger charge is -2.62. The molecule has 1 N–H and O–H groups in total. The Morgan fingerprint density at radius 3 is 2.65 bits per heavy atom. The van der Waals surface area contributed by atoms with Crippen molar-refractivity contribution in [2.24, 2.45) is 28.6 Å². The normalized spacial score (nSPS) is 45.8. The molecule has 0 saturated heterocycles. The van der Waals surface area contributed by atoms with Gasteiger partial charge >= 0.3 is 6.16 Å². The fraction of sp³-hybridized carbons (Fsp3) is 0.696. The molecule has 4 rings (SSSR count). The zero-order valence-electron chi connectivity index (χ0n) is 17.9. The number of aliphatic hydroxyl groups is 1. The number of carbonyl (C=O) groups excluding carboxylic acids is 3. The summed E-state index contributed by atoms with van der Waals surface area (Å²) < 4.78 is 41.3. The van der Waals surface area contributed by atoms with Gasteiger partial charge in [-0.25, -0.2) is 13.6 Å². The van der Waals surface area contributed by atoms with E-state index < -0.39 is 53.4 Å². The molecule has 1 unspecified atom stereocenters. The van der Waals surface area contributed by atoms with Crippen LogP contribution in [0.15, 0.2) is 23.8 Å². The van der Waals surface area contributed by atoms with Gasteiger partial charge in [0.25, 0.3) is 0 Å². The molecule has 4 aliphatic carbocycles. The lowest BCUT2D eigenvalue weighted by Crippen LogP contribution is -2.68. The van der Waals surface area contributed by atoms with E-state index in [1.165, 1.54) is 12.2 Å². The van der Waals surface area contributed by atoms with E-state index in [2.05, 4.69) is 4.74 Å².